The highest BCUT2D eigenvalue weighted by atomic mass is 35.5. The Balaban J connectivity index is 1.75. The number of hydrogen-bond acceptors (Lipinski definition) is 4. The average molecular weight is 343 g/mol. The third-order valence-electron chi connectivity index (χ3n) is 4.14. The Kier molecular flexibility index (Phi) is 3.55. The predicted octanol–water partition coefficient (Wildman–Crippen LogP) is 3.51. The van der Waals surface area contributed by atoms with Crippen LogP contribution in [0.25, 0.3) is 22.6 Å². The maximum atomic E-state index is 11.7. The Morgan fingerprint density at radius 1 is 1.25 bits per heavy atom. The Labute approximate surface area is 143 Å². The van der Waals surface area contributed by atoms with E-state index in [1.807, 2.05) is 37.3 Å². The molecule has 1 N–H and O–H groups in total. The van der Waals surface area contributed by atoms with Gasteiger partial charge in [-0.25, -0.2) is 4.98 Å². The molecular formula is C18H15ClN2O3. The molecule has 1 atom stereocenters. The molecule has 1 amide bonds. The first kappa shape index (κ1) is 15.2. The van der Waals surface area contributed by atoms with Crippen molar-refractivity contribution >= 4 is 28.6 Å². The molecule has 5 nitrogen and oxygen atoms in total. The van der Waals surface area contributed by atoms with Gasteiger partial charge in [-0.2, -0.15) is 0 Å². The zero-order valence-corrected chi connectivity index (χ0v) is 13.8. The highest BCUT2D eigenvalue weighted by Crippen LogP contribution is 2.30. The molecule has 0 radical (unpaired) electrons. The number of nitrogens with one attached hydrogen (secondary N) is 1. The lowest BCUT2D eigenvalue weighted by Gasteiger charge is -2.35. The standard InChI is InChI=1S/C18H15ClN2O3/c1-18(10-23-9-16(22)21-18)12-4-2-3-11(7-12)17-20-14-6-5-13(19)8-15(14)24-17/h2-8H,9-10H2,1H3,(H,21,22)/t18-/m1/s1. The van der Waals surface area contributed by atoms with Crippen LogP contribution in [0.2, 0.25) is 5.02 Å². The van der Waals surface area contributed by atoms with E-state index in [-0.39, 0.29) is 12.5 Å². The van der Waals surface area contributed by atoms with Crippen LogP contribution in [0.15, 0.2) is 46.9 Å². The fourth-order valence-electron chi connectivity index (χ4n) is 2.90. The molecule has 122 valence electrons. The third kappa shape index (κ3) is 2.66. The minimum Gasteiger partial charge on any atom is -0.436 e. The van der Waals surface area contributed by atoms with E-state index >= 15 is 0 Å². The number of amides is 1. The zero-order chi connectivity index (χ0) is 16.7. The van der Waals surface area contributed by atoms with Gasteiger partial charge in [0.25, 0.3) is 0 Å². The average Bonchev–Trinajstić information content (AvgIpc) is 2.98. The number of oxazole rings is 1. The molecule has 1 aromatic heterocycles. The number of benzene rings is 2. The van der Waals surface area contributed by atoms with Crippen molar-refractivity contribution in [3.05, 3.63) is 53.1 Å². The number of hydrogen-bond donors (Lipinski definition) is 1. The summed E-state index contributed by atoms with van der Waals surface area (Å²) in [4.78, 5) is 16.2. The van der Waals surface area contributed by atoms with Crippen molar-refractivity contribution in [3.63, 3.8) is 0 Å². The predicted molar refractivity (Wildman–Crippen MR) is 90.8 cm³/mol. The summed E-state index contributed by atoms with van der Waals surface area (Å²) in [5, 5.41) is 3.59. The van der Waals surface area contributed by atoms with Crippen molar-refractivity contribution in [2.45, 2.75) is 12.5 Å². The van der Waals surface area contributed by atoms with E-state index in [0.717, 1.165) is 16.6 Å². The minimum absolute atomic E-state index is 0.0984. The maximum Gasteiger partial charge on any atom is 0.246 e. The van der Waals surface area contributed by atoms with Crippen molar-refractivity contribution in [2.24, 2.45) is 0 Å². The molecule has 2 heterocycles. The summed E-state index contributed by atoms with van der Waals surface area (Å²) < 4.78 is 11.2. The lowest BCUT2D eigenvalue weighted by Crippen LogP contribution is -2.52. The largest absolute Gasteiger partial charge is 0.436 e. The van der Waals surface area contributed by atoms with Gasteiger partial charge in [0.05, 0.1) is 12.1 Å². The summed E-state index contributed by atoms with van der Waals surface area (Å²) in [6.45, 7) is 2.46. The van der Waals surface area contributed by atoms with Gasteiger partial charge in [0, 0.05) is 16.7 Å². The molecule has 0 saturated carbocycles. The van der Waals surface area contributed by atoms with Gasteiger partial charge in [-0.15, -0.1) is 0 Å². The van der Waals surface area contributed by atoms with Crippen LogP contribution in [-0.4, -0.2) is 24.1 Å². The Morgan fingerprint density at radius 2 is 2.12 bits per heavy atom. The quantitative estimate of drug-likeness (QED) is 0.774. The van der Waals surface area contributed by atoms with Crippen LogP contribution in [0.5, 0.6) is 0 Å². The molecule has 0 unspecified atom stereocenters. The SMILES string of the molecule is C[C@]1(c2cccc(-c3nc4ccc(Cl)cc4o3)c2)COCC(=O)N1. The number of carbonyl (C=O) groups excluding carboxylic acids is 1. The first-order chi connectivity index (χ1) is 11.5. The first-order valence-electron chi connectivity index (χ1n) is 7.59. The third-order valence-corrected chi connectivity index (χ3v) is 4.37. The van der Waals surface area contributed by atoms with Crippen LogP contribution in [0.1, 0.15) is 12.5 Å². The van der Waals surface area contributed by atoms with Crippen LogP contribution in [-0.2, 0) is 15.1 Å². The lowest BCUT2D eigenvalue weighted by molar-refractivity contribution is -0.135. The highest BCUT2D eigenvalue weighted by Gasteiger charge is 2.33. The van der Waals surface area contributed by atoms with Gasteiger partial charge >= 0.3 is 0 Å². The highest BCUT2D eigenvalue weighted by molar-refractivity contribution is 6.31. The molecule has 1 aliphatic heterocycles. The maximum absolute atomic E-state index is 11.7. The Bertz CT molecular complexity index is 937. The smallest absolute Gasteiger partial charge is 0.246 e. The summed E-state index contributed by atoms with van der Waals surface area (Å²) in [6.07, 6.45) is 0. The fourth-order valence-corrected chi connectivity index (χ4v) is 3.06. The monoisotopic (exact) mass is 342 g/mol. The van der Waals surface area contributed by atoms with E-state index in [4.69, 9.17) is 20.8 Å². The lowest BCUT2D eigenvalue weighted by atomic mass is 9.90. The second-order valence-electron chi connectivity index (χ2n) is 6.08. The van der Waals surface area contributed by atoms with Crippen molar-refractivity contribution in [1.29, 1.82) is 0 Å². The zero-order valence-electron chi connectivity index (χ0n) is 13.0. The van der Waals surface area contributed by atoms with Crippen LogP contribution < -0.4 is 5.32 Å². The number of ether oxygens (including phenoxy) is 1. The van der Waals surface area contributed by atoms with Crippen molar-refractivity contribution in [3.8, 4) is 11.5 Å². The van der Waals surface area contributed by atoms with Crippen molar-refractivity contribution in [1.82, 2.24) is 10.3 Å². The van der Waals surface area contributed by atoms with Crippen LogP contribution in [0.3, 0.4) is 0 Å². The summed E-state index contributed by atoms with van der Waals surface area (Å²) >= 11 is 5.99. The summed E-state index contributed by atoms with van der Waals surface area (Å²) in [7, 11) is 0. The first-order valence-corrected chi connectivity index (χ1v) is 7.97. The Hall–Kier alpha value is -2.37. The summed E-state index contributed by atoms with van der Waals surface area (Å²) in [5.41, 5.74) is 2.60. The van der Waals surface area contributed by atoms with Crippen molar-refractivity contribution < 1.29 is 13.9 Å². The molecule has 6 heteroatoms. The molecule has 2 aromatic carbocycles. The molecule has 0 bridgehead atoms. The molecule has 3 aromatic rings. The number of aromatic nitrogens is 1. The second kappa shape index (κ2) is 5.61. The van der Waals surface area contributed by atoms with Crippen LogP contribution in [0.4, 0.5) is 0 Å². The van der Waals surface area contributed by atoms with Gasteiger partial charge in [-0.05, 0) is 36.8 Å². The number of rotatable bonds is 2. The summed E-state index contributed by atoms with van der Waals surface area (Å²) in [5.74, 6) is 0.395. The number of carbonyl (C=O) groups is 1. The molecule has 1 saturated heterocycles. The normalized spacial score (nSPS) is 21.0. The Morgan fingerprint density at radius 3 is 2.96 bits per heavy atom. The number of nitrogens with zero attached hydrogens (tertiary/aromatic N) is 1. The second-order valence-corrected chi connectivity index (χ2v) is 6.52. The molecule has 1 fully saturated rings. The van der Waals surface area contributed by atoms with E-state index in [2.05, 4.69) is 10.3 Å². The van der Waals surface area contributed by atoms with E-state index in [0.29, 0.717) is 23.1 Å². The molecule has 0 spiro atoms. The van der Waals surface area contributed by atoms with Gasteiger partial charge in [0.2, 0.25) is 11.8 Å². The minimum atomic E-state index is -0.569. The van der Waals surface area contributed by atoms with E-state index in [1.54, 1.807) is 12.1 Å². The molecular weight excluding hydrogens is 328 g/mol. The van der Waals surface area contributed by atoms with Crippen molar-refractivity contribution in [2.75, 3.05) is 13.2 Å². The van der Waals surface area contributed by atoms with Crippen LogP contribution in [0, 0.1) is 0 Å². The number of halogens is 1. The molecule has 4 rings (SSSR count). The number of fused-ring (bicyclic) bond motifs is 1. The molecule has 1 aliphatic rings. The summed E-state index contributed by atoms with van der Waals surface area (Å²) in [6, 6.07) is 13.1. The van der Waals surface area contributed by atoms with E-state index in [1.165, 1.54) is 0 Å². The fraction of sp³-hybridized carbons (Fsp3) is 0.222. The van der Waals surface area contributed by atoms with Crippen LogP contribution >= 0.6 is 11.6 Å². The number of morpholine rings is 1. The van der Waals surface area contributed by atoms with Gasteiger partial charge in [0.1, 0.15) is 12.1 Å². The van der Waals surface area contributed by atoms with Gasteiger partial charge in [0.15, 0.2) is 5.58 Å². The van der Waals surface area contributed by atoms with E-state index in [9.17, 15) is 4.79 Å². The van der Waals surface area contributed by atoms with Gasteiger partial charge in [-0.3, -0.25) is 4.79 Å². The molecule has 24 heavy (non-hydrogen) atoms. The van der Waals surface area contributed by atoms with E-state index < -0.39 is 5.54 Å². The van der Waals surface area contributed by atoms with Gasteiger partial charge < -0.3 is 14.5 Å². The topological polar surface area (TPSA) is 64.4 Å². The van der Waals surface area contributed by atoms with Gasteiger partial charge in [-0.1, -0.05) is 23.7 Å². The molecule has 0 aliphatic carbocycles.